The first-order chi connectivity index (χ1) is 14.8. The molecule has 1 aromatic carbocycles. The van der Waals surface area contributed by atoms with E-state index < -0.39 is 22.9 Å². The minimum Gasteiger partial charge on any atom is -0.465 e. The number of methoxy groups -OCH3 is 1. The molecule has 160 valence electrons. The van der Waals surface area contributed by atoms with Crippen LogP contribution in [0, 0.1) is 6.92 Å². The van der Waals surface area contributed by atoms with Crippen molar-refractivity contribution in [2.24, 2.45) is 5.73 Å². The fourth-order valence-electron chi connectivity index (χ4n) is 4.64. The molecule has 1 aromatic heterocycles. The van der Waals surface area contributed by atoms with Gasteiger partial charge in [0.15, 0.2) is 0 Å². The van der Waals surface area contributed by atoms with Crippen LogP contribution in [0.1, 0.15) is 23.7 Å². The molecule has 0 bridgehead atoms. The van der Waals surface area contributed by atoms with Gasteiger partial charge in [-0.2, -0.15) is 0 Å². The van der Waals surface area contributed by atoms with E-state index in [9.17, 15) is 14.4 Å². The topological polar surface area (TPSA) is 104 Å². The van der Waals surface area contributed by atoms with Crippen molar-refractivity contribution in [3.63, 3.8) is 0 Å². The standard InChI is InChI=1S/C23H23N3O5/c1-5-11-26-15-10-8-7-9-14(15)23(22(26)29)17-16(12-13(3)25(6-2)20(17)27)31-19(24)18(23)21(28)30-4/h5,7-10,12H,1,6,11,24H2,2-4H3/t23-/m1/s1. The Hall–Kier alpha value is -3.81. The summed E-state index contributed by atoms with van der Waals surface area (Å²) in [7, 11) is 1.19. The predicted molar refractivity (Wildman–Crippen MR) is 115 cm³/mol. The maximum Gasteiger partial charge on any atom is 0.340 e. The summed E-state index contributed by atoms with van der Waals surface area (Å²) in [5.41, 5.74) is 5.53. The van der Waals surface area contributed by atoms with E-state index in [4.69, 9.17) is 15.2 Å². The Morgan fingerprint density at radius 3 is 2.68 bits per heavy atom. The SMILES string of the molecule is C=CCN1C(=O)[C@]2(C(C(=O)OC)=C(N)Oc3cc(C)n(CC)c(=O)c32)c2ccccc21. The Balaban J connectivity index is 2.22. The molecule has 1 spiro atoms. The van der Waals surface area contributed by atoms with Crippen LogP contribution in [0.2, 0.25) is 0 Å². The molecule has 8 heteroatoms. The average Bonchev–Trinajstić information content (AvgIpc) is 2.97. The number of nitrogens with two attached hydrogens (primary N) is 1. The molecular formula is C23H23N3O5. The maximum atomic E-state index is 14.1. The lowest BCUT2D eigenvalue weighted by Crippen LogP contribution is -2.52. The van der Waals surface area contributed by atoms with Crippen LogP contribution < -0.4 is 20.9 Å². The molecule has 2 aliphatic heterocycles. The highest BCUT2D eigenvalue weighted by molar-refractivity contribution is 6.18. The molecule has 0 saturated carbocycles. The van der Waals surface area contributed by atoms with E-state index in [-0.39, 0.29) is 29.3 Å². The molecular weight excluding hydrogens is 398 g/mol. The van der Waals surface area contributed by atoms with Gasteiger partial charge in [0.1, 0.15) is 16.7 Å². The van der Waals surface area contributed by atoms with Crippen LogP contribution in [0.5, 0.6) is 5.75 Å². The number of nitrogens with zero attached hydrogens (tertiary/aromatic N) is 2. The Morgan fingerprint density at radius 2 is 2.03 bits per heavy atom. The normalized spacial score (nSPS) is 19.2. The fraction of sp³-hybridized carbons (Fsp3) is 0.261. The van der Waals surface area contributed by atoms with E-state index in [1.165, 1.54) is 16.6 Å². The van der Waals surface area contributed by atoms with Gasteiger partial charge in [-0.15, -0.1) is 6.58 Å². The van der Waals surface area contributed by atoms with Crippen molar-refractivity contribution in [3.8, 4) is 5.75 Å². The molecule has 0 saturated heterocycles. The van der Waals surface area contributed by atoms with E-state index in [0.717, 1.165) is 0 Å². The molecule has 0 unspecified atom stereocenters. The van der Waals surface area contributed by atoms with Gasteiger partial charge < -0.3 is 24.7 Å². The molecule has 1 amide bonds. The number of benzene rings is 1. The number of esters is 1. The van der Waals surface area contributed by atoms with Crippen LogP contribution in [0.3, 0.4) is 0 Å². The summed E-state index contributed by atoms with van der Waals surface area (Å²) in [5.74, 6) is -1.43. The molecule has 4 rings (SSSR count). The summed E-state index contributed by atoms with van der Waals surface area (Å²) in [6.45, 7) is 7.91. The third kappa shape index (κ3) is 2.51. The lowest BCUT2D eigenvalue weighted by atomic mass is 9.68. The molecule has 2 aliphatic rings. The second-order valence-electron chi connectivity index (χ2n) is 7.38. The number of pyridine rings is 1. The van der Waals surface area contributed by atoms with Gasteiger partial charge in [0.25, 0.3) is 5.56 Å². The largest absolute Gasteiger partial charge is 0.465 e. The third-order valence-electron chi connectivity index (χ3n) is 5.87. The van der Waals surface area contributed by atoms with Gasteiger partial charge in [-0.25, -0.2) is 4.79 Å². The summed E-state index contributed by atoms with van der Waals surface area (Å²) in [5, 5.41) is 0. The van der Waals surface area contributed by atoms with Crippen LogP contribution in [0.15, 0.2) is 59.2 Å². The number of carbonyl (C=O) groups is 2. The Kier molecular flexibility index (Phi) is 4.72. The number of anilines is 1. The van der Waals surface area contributed by atoms with Gasteiger partial charge in [-0.05, 0) is 19.9 Å². The summed E-state index contributed by atoms with van der Waals surface area (Å²) >= 11 is 0. The zero-order valence-corrected chi connectivity index (χ0v) is 17.6. The van der Waals surface area contributed by atoms with Crippen LogP contribution in [-0.4, -0.2) is 30.1 Å². The number of aryl methyl sites for hydroxylation is 1. The summed E-state index contributed by atoms with van der Waals surface area (Å²) in [4.78, 5) is 42.2. The van der Waals surface area contributed by atoms with E-state index in [0.29, 0.717) is 23.5 Å². The molecule has 1 atom stereocenters. The third-order valence-corrected chi connectivity index (χ3v) is 5.87. The van der Waals surface area contributed by atoms with Crippen LogP contribution in [0.25, 0.3) is 0 Å². The van der Waals surface area contributed by atoms with Gasteiger partial charge in [-0.3, -0.25) is 9.59 Å². The number of hydrogen-bond donors (Lipinski definition) is 1. The Labute approximate surface area is 179 Å². The van der Waals surface area contributed by atoms with Crippen molar-refractivity contribution in [1.29, 1.82) is 0 Å². The minimum absolute atomic E-state index is 0.0542. The Morgan fingerprint density at radius 1 is 1.32 bits per heavy atom. The number of ether oxygens (including phenoxy) is 2. The van der Waals surface area contributed by atoms with E-state index in [1.54, 1.807) is 43.3 Å². The highest BCUT2D eigenvalue weighted by Gasteiger charge is 2.62. The predicted octanol–water partition coefficient (Wildman–Crippen LogP) is 1.73. The summed E-state index contributed by atoms with van der Waals surface area (Å²) in [6, 6.07) is 8.67. The maximum absolute atomic E-state index is 14.1. The zero-order chi connectivity index (χ0) is 22.5. The number of fused-ring (bicyclic) bond motifs is 4. The number of carbonyl (C=O) groups excluding carboxylic acids is 2. The van der Waals surface area contributed by atoms with Gasteiger partial charge >= 0.3 is 5.97 Å². The minimum atomic E-state index is -1.79. The fourth-order valence-corrected chi connectivity index (χ4v) is 4.64. The van der Waals surface area contributed by atoms with Gasteiger partial charge in [0.05, 0.1) is 12.7 Å². The highest BCUT2D eigenvalue weighted by atomic mass is 16.5. The number of amides is 1. The number of rotatable bonds is 4. The molecule has 31 heavy (non-hydrogen) atoms. The van der Waals surface area contributed by atoms with Crippen molar-refractivity contribution in [2.45, 2.75) is 25.8 Å². The second kappa shape index (κ2) is 7.16. The van der Waals surface area contributed by atoms with Crippen molar-refractivity contribution >= 4 is 17.6 Å². The lowest BCUT2D eigenvalue weighted by Gasteiger charge is -2.35. The number of aromatic nitrogens is 1. The van der Waals surface area contributed by atoms with Gasteiger partial charge in [-0.1, -0.05) is 24.3 Å². The molecule has 3 heterocycles. The van der Waals surface area contributed by atoms with Crippen LogP contribution >= 0.6 is 0 Å². The summed E-state index contributed by atoms with van der Waals surface area (Å²) in [6.07, 6.45) is 1.58. The molecule has 2 N–H and O–H groups in total. The van der Waals surface area contributed by atoms with Crippen molar-refractivity contribution in [3.05, 3.63) is 81.6 Å². The van der Waals surface area contributed by atoms with Gasteiger partial charge in [0.2, 0.25) is 11.8 Å². The highest BCUT2D eigenvalue weighted by Crippen LogP contribution is 2.54. The quantitative estimate of drug-likeness (QED) is 0.596. The van der Waals surface area contributed by atoms with Crippen molar-refractivity contribution in [1.82, 2.24) is 4.57 Å². The molecule has 0 fully saturated rings. The first kappa shape index (κ1) is 20.5. The Bertz CT molecular complexity index is 1230. The van der Waals surface area contributed by atoms with Crippen LogP contribution in [-0.2, 0) is 26.3 Å². The molecule has 0 aliphatic carbocycles. The monoisotopic (exact) mass is 421 g/mol. The molecule has 8 nitrogen and oxygen atoms in total. The summed E-state index contributed by atoms with van der Waals surface area (Å²) < 4.78 is 12.2. The zero-order valence-electron chi connectivity index (χ0n) is 17.6. The average molecular weight is 421 g/mol. The molecule has 2 aromatic rings. The number of para-hydroxylation sites is 1. The number of hydrogen-bond acceptors (Lipinski definition) is 6. The first-order valence-electron chi connectivity index (χ1n) is 9.88. The smallest absolute Gasteiger partial charge is 0.340 e. The first-order valence-corrected chi connectivity index (χ1v) is 9.88. The van der Waals surface area contributed by atoms with Crippen molar-refractivity contribution < 1.29 is 19.1 Å². The van der Waals surface area contributed by atoms with E-state index >= 15 is 0 Å². The lowest BCUT2D eigenvalue weighted by molar-refractivity contribution is -0.138. The van der Waals surface area contributed by atoms with E-state index in [1.807, 2.05) is 6.92 Å². The van der Waals surface area contributed by atoms with E-state index in [2.05, 4.69) is 6.58 Å². The van der Waals surface area contributed by atoms with Gasteiger partial charge in [0, 0.05) is 36.1 Å². The van der Waals surface area contributed by atoms with Crippen molar-refractivity contribution in [2.75, 3.05) is 18.6 Å². The molecule has 0 radical (unpaired) electrons. The second-order valence-corrected chi connectivity index (χ2v) is 7.38. The van der Waals surface area contributed by atoms with Crippen LogP contribution in [0.4, 0.5) is 5.69 Å².